The molecule has 17 heavy (non-hydrogen) atoms. The van der Waals surface area contributed by atoms with Crippen LogP contribution >= 0.6 is 11.3 Å². The Kier molecular flexibility index (Phi) is 4.20. The Balaban J connectivity index is 2.05. The van der Waals surface area contributed by atoms with E-state index < -0.39 is 0 Å². The summed E-state index contributed by atoms with van der Waals surface area (Å²) in [6.45, 7) is 6.70. The highest BCUT2D eigenvalue weighted by atomic mass is 32.1. The zero-order valence-electron chi connectivity index (χ0n) is 10.6. The first-order valence-corrected chi connectivity index (χ1v) is 7.12. The Labute approximate surface area is 107 Å². The number of hydrogen-bond acceptors (Lipinski definition) is 4. The number of hydrogen-bond donors (Lipinski definition) is 2. The van der Waals surface area contributed by atoms with Crippen molar-refractivity contribution in [3.8, 4) is 0 Å². The van der Waals surface area contributed by atoms with Crippen molar-refractivity contribution in [1.29, 1.82) is 0 Å². The van der Waals surface area contributed by atoms with Crippen LogP contribution in [0.15, 0.2) is 12.1 Å². The first kappa shape index (κ1) is 13.0. The molecule has 0 saturated carbocycles. The normalized spacial score (nSPS) is 25.1. The van der Waals surface area contributed by atoms with Gasteiger partial charge < -0.3 is 10.8 Å². The van der Waals surface area contributed by atoms with Crippen molar-refractivity contribution >= 4 is 11.3 Å². The second-order valence-electron chi connectivity index (χ2n) is 4.98. The molecule has 3 unspecified atom stereocenters. The van der Waals surface area contributed by atoms with E-state index in [1.54, 1.807) is 0 Å². The monoisotopic (exact) mass is 254 g/mol. The topological polar surface area (TPSA) is 49.5 Å². The van der Waals surface area contributed by atoms with Gasteiger partial charge in [-0.1, -0.05) is 0 Å². The number of aliphatic hydroxyl groups is 1. The van der Waals surface area contributed by atoms with Gasteiger partial charge in [-0.05, 0) is 44.9 Å². The van der Waals surface area contributed by atoms with Crippen LogP contribution in [0, 0.1) is 12.8 Å². The van der Waals surface area contributed by atoms with Crippen LogP contribution in [0.25, 0.3) is 0 Å². The lowest BCUT2D eigenvalue weighted by Crippen LogP contribution is -2.32. The zero-order chi connectivity index (χ0) is 12.4. The van der Waals surface area contributed by atoms with Crippen molar-refractivity contribution in [3.05, 3.63) is 21.9 Å². The molecule has 1 saturated heterocycles. The average Bonchev–Trinajstić information content (AvgIpc) is 2.89. The molecule has 0 aliphatic carbocycles. The number of likely N-dealkylation sites (tertiary alicyclic amines) is 1. The molecule has 1 aromatic rings. The van der Waals surface area contributed by atoms with Crippen LogP contribution in [0.2, 0.25) is 0 Å². The molecule has 0 radical (unpaired) electrons. The van der Waals surface area contributed by atoms with E-state index in [1.807, 2.05) is 18.3 Å². The molecule has 4 heteroatoms. The smallest absolute Gasteiger partial charge is 0.0564 e. The Morgan fingerprint density at radius 3 is 2.82 bits per heavy atom. The van der Waals surface area contributed by atoms with Crippen molar-refractivity contribution < 1.29 is 5.11 Å². The highest BCUT2D eigenvalue weighted by molar-refractivity contribution is 7.12. The van der Waals surface area contributed by atoms with Gasteiger partial charge in [-0.2, -0.15) is 0 Å². The van der Waals surface area contributed by atoms with E-state index in [0.29, 0.717) is 18.5 Å². The van der Waals surface area contributed by atoms with Gasteiger partial charge in [-0.25, -0.2) is 0 Å². The van der Waals surface area contributed by atoms with E-state index in [0.717, 1.165) is 19.5 Å². The van der Waals surface area contributed by atoms with Gasteiger partial charge in [0.1, 0.15) is 0 Å². The molecule has 0 aromatic carbocycles. The molecule has 3 N–H and O–H groups in total. The summed E-state index contributed by atoms with van der Waals surface area (Å²) < 4.78 is 0. The lowest BCUT2D eigenvalue weighted by atomic mass is 10.0. The lowest BCUT2D eigenvalue weighted by Gasteiger charge is -2.26. The third-order valence-electron chi connectivity index (χ3n) is 3.69. The van der Waals surface area contributed by atoms with Gasteiger partial charge in [-0.3, -0.25) is 4.90 Å². The molecule has 96 valence electrons. The number of aliphatic hydroxyl groups excluding tert-OH is 1. The van der Waals surface area contributed by atoms with Gasteiger partial charge in [0.2, 0.25) is 0 Å². The number of aryl methyl sites for hydroxylation is 1. The summed E-state index contributed by atoms with van der Waals surface area (Å²) in [4.78, 5) is 5.11. The van der Waals surface area contributed by atoms with Crippen LogP contribution < -0.4 is 5.73 Å². The van der Waals surface area contributed by atoms with Crippen molar-refractivity contribution in [2.75, 3.05) is 19.6 Å². The minimum atomic E-state index is -0.205. The molecule has 1 aliphatic heterocycles. The molecule has 0 amide bonds. The third kappa shape index (κ3) is 2.88. The van der Waals surface area contributed by atoms with E-state index >= 15 is 0 Å². The second kappa shape index (κ2) is 5.48. The first-order valence-electron chi connectivity index (χ1n) is 6.30. The molecule has 3 nitrogen and oxygen atoms in total. The molecule has 1 aromatic heterocycles. The van der Waals surface area contributed by atoms with E-state index in [9.17, 15) is 5.11 Å². The maximum atomic E-state index is 9.64. The van der Waals surface area contributed by atoms with Crippen LogP contribution in [0.5, 0.6) is 0 Å². The fraction of sp³-hybridized carbons (Fsp3) is 0.692. The van der Waals surface area contributed by atoms with Crippen molar-refractivity contribution in [1.82, 2.24) is 4.90 Å². The quantitative estimate of drug-likeness (QED) is 0.861. The Hall–Kier alpha value is -0.420. The predicted octanol–water partition coefficient (Wildman–Crippen LogP) is 1.76. The Morgan fingerprint density at radius 2 is 2.35 bits per heavy atom. The fourth-order valence-corrected chi connectivity index (χ4v) is 3.60. The van der Waals surface area contributed by atoms with Gasteiger partial charge in [0.05, 0.1) is 12.1 Å². The van der Waals surface area contributed by atoms with Crippen molar-refractivity contribution in [2.24, 2.45) is 11.7 Å². The van der Waals surface area contributed by atoms with Crippen LogP contribution in [0.3, 0.4) is 0 Å². The van der Waals surface area contributed by atoms with Crippen LogP contribution in [-0.2, 0) is 0 Å². The maximum Gasteiger partial charge on any atom is 0.0564 e. The molecule has 0 bridgehead atoms. The molecule has 1 aliphatic rings. The standard InChI is InChI=1S/C13H22N2OS/c1-9-3-4-13(17-9)12(7-14)15-6-5-11(8-15)10(2)16/h3-4,10-12,16H,5-8,14H2,1-2H3. The molecular formula is C13H22N2OS. The predicted molar refractivity (Wildman–Crippen MR) is 72.2 cm³/mol. The van der Waals surface area contributed by atoms with E-state index in [-0.39, 0.29) is 6.10 Å². The Bertz CT molecular complexity index is 364. The summed E-state index contributed by atoms with van der Waals surface area (Å²) in [5, 5.41) is 9.64. The van der Waals surface area contributed by atoms with Crippen LogP contribution in [0.1, 0.15) is 29.1 Å². The zero-order valence-corrected chi connectivity index (χ0v) is 11.4. The minimum Gasteiger partial charge on any atom is -0.393 e. The molecule has 0 spiro atoms. The maximum absolute atomic E-state index is 9.64. The SMILES string of the molecule is Cc1ccc(C(CN)N2CCC(C(C)O)C2)s1. The summed E-state index contributed by atoms with van der Waals surface area (Å²) >= 11 is 1.83. The summed E-state index contributed by atoms with van der Waals surface area (Å²) in [7, 11) is 0. The van der Waals surface area contributed by atoms with E-state index in [1.165, 1.54) is 9.75 Å². The number of nitrogens with two attached hydrogens (primary N) is 1. The van der Waals surface area contributed by atoms with Gasteiger partial charge in [-0.15, -0.1) is 11.3 Å². The summed E-state index contributed by atoms with van der Waals surface area (Å²) in [6.07, 6.45) is 0.877. The first-order chi connectivity index (χ1) is 8.11. The van der Waals surface area contributed by atoms with Crippen molar-refractivity contribution in [2.45, 2.75) is 32.4 Å². The molecule has 3 atom stereocenters. The molecule has 2 rings (SSSR count). The van der Waals surface area contributed by atoms with Crippen LogP contribution in [0.4, 0.5) is 0 Å². The summed E-state index contributed by atoms with van der Waals surface area (Å²) in [6, 6.07) is 4.68. The Morgan fingerprint density at radius 1 is 1.59 bits per heavy atom. The highest BCUT2D eigenvalue weighted by Crippen LogP contribution is 2.31. The van der Waals surface area contributed by atoms with Gasteiger partial charge in [0.25, 0.3) is 0 Å². The molecule has 1 fully saturated rings. The fourth-order valence-electron chi connectivity index (χ4n) is 2.57. The van der Waals surface area contributed by atoms with E-state index in [4.69, 9.17) is 5.73 Å². The number of rotatable bonds is 4. The van der Waals surface area contributed by atoms with Crippen LogP contribution in [-0.4, -0.2) is 35.7 Å². The summed E-state index contributed by atoms with van der Waals surface area (Å²) in [5.74, 6) is 0.408. The second-order valence-corrected chi connectivity index (χ2v) is 6.30. The lowest BCUT2D eigenvalue weighted by molar-refractivity contribution is 0.122. The van der Waals surface area contributed by atoms with Crippen molar-refractivity contribution in [3.63, 3.8) is 0 Å². The van der Waals surface area contributed by atoms with E-state index in [2.05, 4.69) is 24.0 Å². The molecule has 2 heterocycles. The third-order valence-corrected chi connectivity index (χ3v) is 4.79. The number of thiophene rings is 1. The van der Waals surface area contributed by atoms with Gasteiger partial charge >= 0.3 is 0 Å². The highest BCUT2D eigenvalue weighted by Gasteiger charge is 2.31. The van der Waals surface area contributed by atoms with Gasteiger partial charge in [0, 0.05) is 22.8 Å². The van der Waals surface area contributed by atoms with Gasteiger partial charge in [0.15, 0.2) is 0 Å². The largest absolute Gasteiger partial charge is 0.393 e. The average molecular weight is 254 g/mol. The number of nitrogens with zero attached hydrogens (tertiary/aromatic N) is 1. The summed E-state index contributed by atoms with van der Waals surface area (Å²) in [5.41, 5.74) is 5.92. The minimum absolute atomic E-state index is 0.205. The molecular weight excluding hydrogens is 232 g/mol.